The van der Waals surface area contributed by atoms with Crippen LogP contribution in [0.5, 0.6) is 5.75 Å². The van der Waals surface area contributed by atoms with Gasteiger partial charge in [-0.25, -0.2) is 0 Å². The topological polar surface area (TPSA) is 75.6 Å². The minimum absolute atomic E-state index is 0.150. The minimum atomic E-state index is -1.24. The van der Waals surface area contributed by atoms with Crippen LogP contribution in [0.15, 0.2) is 18.2 Å². The molecule has 0 spiro atoms. The van der Waals surface area contributed by atoms with Crippen LogP contribution in [0.4, 0.5) is 0 Å². The molecular formula is C13H14ClNO4. The van der Waals surface area contributed by atoms with Gasteiger partial charge < -0.3 is 15.2 Å². The average Bonchev–Trinajstić information content (AvgIpc) is 3.18. The molecule has 6 heteroatoms. The van der Waals surface area contributed by atoms with Gasteiger partial charge in [-0.3, -0.25) is 9.59 Å². The van der Waals surface area contributed by atoms with Crippen molar-refractivity contribution in [3.05, 3.63) is 28.8 Å². The number of hydrogen-bond donors (Lipinski definition) is 2. The van der Waals surface area contributed by atoms with E-state index in [1.54, 1.807) is 18.2 Å². The van der Waals surface area contributed by atoms with Gasteiger partial charge in [0, 0.05) is 17.1 Å². The second-order valence-corrected chi connectivity index (χ2v) is 4.90. The number of aliphatic carboxylic acids is 1. The Hall–Kier alpha value is -1.75. The molecule has 0 bridgehead atoms. The summed E-state index contributed by atoms with van der Waals surface area (Å²) in [5.74, 6) is -0.980. The summed E-state index contributed by atoms with van der Waals surface area (Å²) < 4.78 is 5.16. The van der Waals surface area contributed by atoms with Crippen molar-refractivity contribution in [2.24, 2.45) is 5.41 Å². The largest absolute Gasteiger partial charge is 0.496 e. The zero-order chi connectivity index (χ0) is 14.0. The van der Waals surface area contributed by atoms with Crippen LogP contribution in [0.1, 0.15) is 18.4 Å². The van der Waals surface area contributed by atoms with Gasteiger partial charge in [-0.05, 0) is 25.0 Å². The number of nitrogens with one attached hydrogen (secondary N) is 1. The predicted molar refractivity (Wildman–Crippen MR) is 69.2 cm³/mol. The Bertz CT molecular complexity index is 525. The van der Waals surface area contributed by atoms with Crippen LogP contribution >= 0.6 is 11.6 Å². The van der Waals surface area contributed by atoms with E-state index >= 15 is 0 Å². The van der Waals surface area contributed by atoms with Crippen LogP contribution in [0.2, 0.25) is 5.02 Å². The second-order valence-electron chi connectivity index (χ2n) is 4.49. The smallest absolute Gasteiger partial charge is 0.319 e. The van der Waals surface area contributed by atoms with E-state index in [0.29, 0.717) is 29.2 Å². The number of carboxylic acid groups (broad SMARTS) is 1. The molecule has 0 aliphatic heterocycles. The fraction of sp³-hybridized carbons (Fsp3) is 0.385. The Morgan fingerprint density at radius 3 is 2.68 bits per heavy atom. The van der Waals surface area contributed by atoms with E-state index < -0.39 is 17.3 Å². The molecule has 1 saturated carbocycles. The molecule has 0 saturated heterocycles. The maximum atomic E-state index is 11.9. The highest BCUT2D eigenvalue weighted by molar-refractivity contribution is 6.31. The molecule has 0 unspecified atom stereocenters. The number of halogens is 1. The van der Waals surface area contributed by atoms with E-state index in [9.17, 15) is 9.59 Å². The van der Waals surface area contributed by atoms with Gasteiger partial charge in [0.05, 0.1) is 7.11 Å². The first-order valence-corrected chi connectivity index (χ1v) is 6.22. The molecule has 1 fully saturated rings. The standard InChI is InChI=1S/C13H14ClNO4/c1-19-10-4-2-3-9(14)8(10)7-15-11(16)13(5-6-13)12(17)18/h2-4H,5-7H2,1H3,(H,15,16)(H,17,18). The van der Waals surface area contributed by atoms with Crippen LogP contribution in [0, 0.1) is 5.41 Å². The Labute approximate surface area is 115 Å². The zero-order valence-corrected chi connectivity index (χ0v) is 11.2. The number of ether oxygens (including phenoxy) is 1. The van der Waals surface area contributed by atoms with Crippen molar-refractivity contribution in [3.8, 4) is 5.75 Å². The van der Waals surface area contributed by atoms with Gasteiger partial charge in [0.25, 0.3) is 0 Å². The first-order chi connectivity index (χ1) is 9.01. The van der Waals surface area contributed by atoms with Crippen molar-refractivity contribution in [1.82, 2.24) is 5.32 Å². The number of amides is 1. The van der Waals surface area contributed by atoms with Crippen LogP contribution in [0.25, 0.3) is 0 Å². The van der Waals surface area contributed by atoms with E-state index in [1.807, 2.05) is 0 Å². The lowest BCUT2D eigenvalue weighted by molar-refractivity contribution is -0.149. The highest BCUT2D eigenvalue weighted by Gasteiger charge is 2.56. The normalized spacial score (nSPS) is 15.7. The number of carbonyl (C=O) groups is 2. The maximum Gasteiger partial charge on any atom is 0.319 e. The summed E-state index contributed by atoms with van der Waals surface area (Å²) in [6.45, 7) is 0.150. The molecule has 1 aromatic rings. The highest BCUT2D eigenvalue weighted by atomic mass is 35.5. The summed E-state index contributed by atoms with van der Waals surface area (Å²) in [5.41, 5.74) is -0.602. The molecule has 0 atom stereocenters. The quantitative estimate of drug-likeness (QED) is 0.809. The number of carboxylic acids is 1. The molecule has 1 amide bonds. The van der Waals surface area contributed by atoms with E-state index in [4.69, 9.17) is 21.4 Å². The molecule has 19 heavy (non-hydrogen) atoms. The van der Waals surface area contributed by atoms with Crippen molar-refractivity contribution in [2.45, 2.75) is 19.4 Å². The van der Waals surface area contributed by atoms with Gasteiger partial charge in [0.1, 0.15) is 11.2 Å². The number of rotatable bonds is 5. The van der Waals surface area contributed by atoms with E-state index in [2.05, 4.69) is 5.32 Å². The first-order valence-electron chi connectivity index (χ1n) is 5.84. The molecule has 1 aliphatic rings. The summed E-state index contributed by atoms with van der Waals surface area (Å²) in [7, 11) is 1.51. The van der Waals surface area contributed by atoms with Crippen molar-refractivity contribution in [3.63, 3.8) is 0 Å². The lowest BCUT2D eigenvalue weighted by atomic mass is 10.1. The van der Waals surface area contributed by atoms with Crippen molar-refractivity contribution < 1.29 is 19.4 Å². The van der Waals surface area contributed by atoms with Gasteiger partial charge in [0.15, 0.2) is 0 Å². The lowest BCUT2D eigenvalue weighted by Gasteiger charge is -2.14. The Morgan fingerprint density at radius 2 is 2.16 bits per heavy atom. The third-order valence-corrected chi connectivity index (χ3v) is 3.67. The Morgan fingerprint density at radius 1 is 1.47 bits per heavy atom. The third-order valence-electron chi connectivity index (χ3n) is 3.32. The first kappa shape index (κ1) is 13.7. The summed E-state index contributed by atoms with van der Waals surface area (Å²) in [5, 5.41) is 12.1. The second kappa shape index (κ2) is 5.09. The molecular weight excluding hydrogens is 270 g/mol. The number of hydrogen-bond acceptors (Lipinski definition) is 3. The molecule has 5 nitrogen and oxygen atoms in total. The number of benzene rings is 1. The van der Waals surface area contributed by atoms with Gasteiger partial charge in [0.2, 0.25) is 5.91 Å². The minimum Gasteiger partial charge on any atom is -0.496 e. The fourth-order valence-electron chi connectivity index (χ4n) is 1.90. The van der Waals surface area contributed by atoms with Crippen LogP contribution < -0.4 is 10.1 Å². The van der Waals surface area contributed by atoms with E-state index in [1.165, 1.54) is 7.11 Å². The van der Waals surface area contributed by atoms with Crippen molar-refractivity contribution >= 4 is 23.5 Å². The van der Waals surface area contributed by atoms with Crippen LogP contribution in [-0.2, 0) is 16.1 Å². The highest BCUT2D eigenvalue weighted by Crippen LogP contribution is 2.46. The summed E-state index contributed by atoms with van der Waals surface area (Å²) in [6.07, 6.45) is 0.766. The van der Waals surface area contributed by atoms with Crippen molar-refractivity contribution in [1.29, 1.82) is 0 Å². The van der Waals surface area contributed by atoms with E-state index in [0.717, 1.165) is 0 Å². The molecule has 0 aromatic heterocycles. The van der Waals surface area contributed by atoms with E-state index in [-0.39, 0.29) is 6.54 Å². The summed E-state index contributed by atoms with van der Waals surface area (Å²) in [4.78, 5) is 22.9. The molecule has 0 heterocycles. The predicted octanol–water partition coefficient (Wildman–Crippen LogP) is 1.83. The zero-order valence-electron chi connectivity index (χ0n) is 10.4. The molecule has 0 radical (unpaired) electrons. The fourth-order valence-corrected chi connectivity index (χ4v) is 2.14. The molecule has 2 rings (SSSR count). The molecule has 102 valence electrons. The lowest BCUT2D eigenvalue weighted by Crippen LogP contribution is -2.36. The number of methoxy groups -OCH3 is 1. The monoisotopic (exact) mass is 283 g/mol. The molecule has 1 aromatic carbocycles. The average molecular weight is 284 g/mol. The van der Waals surface area contributed by atoms with Gasteiger partial charge in [-0.2, -0.15) is 0 Å². The van der Waals surface area contributed by atoms with Crippen LogP contribution in [0.3, 0.4) is 0 Å². The van der Waals surface area contributed by atoms with Crippen LogP contribution in [-0.4, -0.2) is 24.1 Å². The SMILES string of the molecule is COc1cccc(Cl)c1CNC(=O)C1(C(=O)O)CC1. The molecule has 1 aliphatic carbocycles. The van der Waals surface area contributed by atoms with Crippen molar-refractivity contribution in [2.75, 3.05) is 7.11 Å². The third kappa shape index (κ3) is 2.51. The van der Waals surface area contributed by atoms with Gasteiger partial charge in [-0.15, -0.1) is 0 Å². The Balaban J connectivity index is 2.08. The number of carbonyl (C=O) groups excluding carboxylic acids is 1. The Kier molecular flexibility index (Phi) is 3.66. The summed E-state index contributed by atoms with van der Waals surface area (Å²) >= 11 is 6.04. The van der Waals surface area contributed by atoms with Gasteiger partial charge >= 0.3 is 5.97 Å². The summed E-state index contributed by atoms with van der Waals surface area (Å²) in [6, 6.07) is 5.17. The molecule has 2 N–H and O–H groups in total. The maximum absolute atomic E-state index is 11.9. The van der Waals surface area contributed by atoms with Gasteiger partial charge in [-0.1, -0.05) is 17.7 Å².